The Morgan fingerprint density at radius 2 is 1.75 bits per heavy atom. The van der Waals surface area contributed by atoms with Gasteiger partial charge in [0.05, 0.1) is 31.0 Å². The Morgan fingerprint density at radius 3 is 2.47 bits per heavy atom. The number of esters is 1. The maximum Gasteiger partial charge on any atom is 0.337 e. The summed E-state index contributed by atoms with van der Waals surface area (Å²) >= 11 is 0. The zero-order chi connectivity index (χ0) is 22.7. The van der Waals surface area contributed by atoms with Crippen molar-refractivity contribution in [3.8, 4) is 11.5 Å². The van der Waals surface area contributed by atoms with E-state index in [0.717, 1.165) is 16.8 Å². The molecule has 0 saturated carbocycles. The van der Waals surface area contributed by atoms with E-state index in [1.54, 1.807) is 19.2 Å². The number of fused-ring (bicyclic) bond motifs is 1. The van der Waals surface area contributed by atoms with Crippen molar-refractivity contribution in [2.24, 2.45) is 0 Å². The fourth-order valence-corrected chi connectivity index (χ4v) is 3.71. The van der Waals surface area contributed by atoms with Crippen LogP contribution in [0.5, 0.6) is 11.5 Å². The number of amides is 1. The van der Waals surface area contributed by atoms with Gasteiger partial charge in [0.25, 0.3) is 5.91 Å². The highest BCUT2D eigenvalue weighted by Gasteiger charge is 2.29. The van der Waals surface area contributed by atoms with E-state index in [4.69, 9.17) is 14.2 Å². The predicted octanol–water partition coefficient (Wildman–Crippen LogP) is 3.94. The summed E-state index contributed by atoms with van der Waals surface area (Å²) in [5.74, 6) is 0.657. The molecule has 7 heteroatoms. The van der Waals surface area contributed by atoms with Crippen molar-refractivity contribution in [2.75, 3.05) is 26.2 Å². The third-order valence-corrected chi connectivity index (χ3v) is 5.46. The van der Waals surface area contributed by atoms with Crippen LogP contribution in [-0.2, 0) is 11.3 Å². The molecule has 0 radical (unpaired) electrons. The molecular formula is C25H24N2O5. The molecule has 3 aromatic carbocycles. The lowest BCUT2D eigenvalue weighted by molar-refractivity contribution is 0.0600. The smallest absolute Gasteiger partial charge is 0.337 e. The van der Waals surface area contributed by atoms with Gasteiger partial charge in [-0.25, -0.2) is 4.79 Å². The molecule has 0 saturated heterocycles. The van der Waals surface area contributed by atoms with Gasteiger partial charge in [-0.3, -0.25) is 4.79 Å². The van der Waals surface area contributed by atoms with Crippen LogP contribution in [0.4, 0.5) is 5.69 Å². The first-order valence-electron chi connectivity index (χ1n) is 10.1. The van der Waals surface area contributed by atoms with Crippen LogP contribution in [0.1, 0.15) is 38.0 Å². The largest absolute Gasteiger partial charge is 0.493 e. The fourth-order valence-electron chi connectivity index (χ4n) is 3.71. The molecule has 0 bridgehead atoms. The molecule has 4 rings (SSSR count). The normalized spacial score (nSPS) is 14.9. The first-order valence-corrected chi connectivity index (χ1v) is 10.1. The third-order valence-electron chi connectivity index (χ3n) is 5.46. The van der Waals surface area contributed by atoms with Crippen LogP contribution in [0.15, 0.2) is 66.7 Å². The highest BCUT2D eigenvalue weighted by Crippen LogP contribution is 2.36. The number of carbonyl (C=O) groups is 2. The lowest BCUT2D eigenvalue weighted by atomic mass is 10.0. The number of hydrogen-bond acceptors (Lipinski definition) is 6. The highest BCUT2D eigenvalue weighted by molar-refractivity contribution is 6.02. The van der Waals surface area contributed by atoms with Crippen LogP contribution >= 0.6 is 0 Å². The number of nitrogens with zero attached hydrogens (tertiary/aromatic N) is 1. The van der Waals surface area contributed by atoms with Gasteiger partial charge in [-0.15, -0.1) is 0 Å². The van der Waals surface area contributed by atoms with Gasteiger partial charge in [0.2, 0.25) is 0 Å². The van der Waals surface area contributed by atoms with E-state index in [9.17, 15) is 9.59 Å². The summed E-state index contributed by atoms with van der Waals surface area (Å²) in [6.07, 6.45) is -0.328. The molecule has 1 atom stereocenters. The quantitative estimate of drug-likeness (QED) is 0.595. The molecule has 164 valence electrons. The minimum atomic E-state index is -0.378. The van der Waals surface area contributed by atoms with Gasteiger partial charge in [0, 0.05) is 7.05 Å². The molecule has 1 N–H and O–H groups in total. The summed E-state index contributed by atoms with van der Waals surface area (Å²) in [6, 6.07) is 20.2. The molecule has 7 nitrogen and oxygen atoms in total. The molecule has 0 spiro atoms. The van der Waals surface area contributed by atoms with Gasteiger partial charge in [-0.2, -0.15) is 0 Å². The lowest BCUT2D eigenvalue weighted by Crippen LogP contribution is -2.44. The van der Waals surface area contributed by atoms with Gasteiger partial charge in [-0.1, -0.05) is 30.3 Å². The minimum absolute atomic E-state index is 0.113. The Kier molecular flexibility index (Phi) is 5.98. The second kappa shape index (κ2) is 9.01. The number of carbonyl (C=O) groups excluding carboxylic acids is 2. The van der Waals surface area contributed by atoms with E-state index in [-0.39, 0.29) is 18.0 Å². The summed E-state index contributed by atoms with van der Waals surface area (Å²) in [5, 5.41) is 3.04. The average Bonchev–Trinajstić information content (AvgIpc) is 2.84. The molecule has 1 unspecified atom stereocenters. The van der Waals surface area contributed by atoms with E-state index in [0.29, 0.717) is 29.2 Å². The van der Waals surface area contributed by atoms with Crippen molar-refractivity contribution in [1.82, 2.24) is 5.32 Å². The molecule has 0 fully saturated rings. The predicted molar refractivity (Wildman–Crippen MR) is 120 cm³/mol. The molecule has 3 aromatic rings. The Morgan fingerprint density at radius 1 is 1.00 bits per heavy atom. The molecule has 1 heterocycles. The Labute approximate surface area is 186 Å². The average molecular weight is 432 g/mol. The third kappa shape index (κ3) is 4.09. The molecule has 1 aliphatic rings. The summed E-state index contributed by atoms with van der Waals surface area (Å²) in [7, 11) is 4.87. The van der Waals surface area contributed by atoms with Gasteiger partial charge < -0.3 is 24.4 Å². The Balaban J connectivity index is 1.51. The van der Waals surface area contributed by atoms with Gasteiger partial charge in [-0.05, 0) is 47.5 Å². The zero-order valence-electron chi connectivity index (χ0n) is 18.1. The topological polar surface area (TPSA) is 77.1 Å². The molecule has 32 heavy (non-hydrogen) atoms. The van der Waals surface area contributed by atoms with Crippen molar-refractivity contribution in [3.05, 3.63) is 89.0 Å². The lowest BCUT2D eigenvalue weighted by Gasteiger charge is -2.36. The number of ether oxygens (including phenoxy) is 3. The van der Waals surface area contributed by atoms with Crippen LogP contribution in [0.25, 0.3) is 0 Å². The number of anilines is 1. The van der Waals surface area contributed by atoms with Gasteiger partial charge in [0.15, 0.2) is 11.5 Å². The second-order valence-electron chi connectivity index (χ2n) is 7.39. The van der Waals surface area contributed by atoms with Crippen LogP contribution in [0.3, 0.4) is 0 Å². The number of methoxy groups -OCH3 is 2. The first kappa shape index (κ1) is 21.2. The number of nitrogens with one attached hydrogen (secondary N) is 1. The number of rotatable bonds is 6. The minimum Gasteiger partial charge on any atom is -0.493 e. The number of hydrogen-bond donors (Lipinski definition) is 1. The van der Waals surface area contributed by atoms with Crippen molar-refractivity contribution in [1.29, 1.82) is 0 Å². The van der Waals surface area contributed by atoms with Crippen LogP contribution in [-0.4, -0.2) is 33.1 Å². The molecular weight excluding hydrogens is 408 g/mol. The van der Waals surface area contributed by atoms with Crippen LogP contribution in [0.2, 0.25) is 0 Å². The van der Waals surface area contributed by atoms with Crippen molar-refractivity contribution in [2.45, 2.75) is 12.8 Å². The SMILES string of the molecule is COC(=O)c1ccc(COc2ccc(C3NC(=O)c4ccccc4N3C)cc2OC)cc1. The summed E-state index contributed by atoms with van der Waals surface area (Å²) in [4.78, 5) is 26.1. The van der Waals surface area contributed by atoms with Crippen molar-refractivity contribution >= 4 is 17.6 Å². The number of benzene rings is 3. The van der Waals surface area contributed by atoms with Gasteiger partial charge >= 0.3 is 5.97 Å². The molecule has 0 aromatic heterocycles. The van der Waals surface area contributed by atoms with E-state index < -0.39 is 0 Å². The molecule has 1 amide bonds. The maximum absolute atomic E-state index is 12.6. The maximum atomic E-state index is 12.6. The zero-order valence-corrected chi connectivity index (χ0v) is 18.1. The van der Waals surface area contributed by atoms with Crippen LogP contribution < -0.4 is 19.7 Å². The standard InChI is InChI=1S/C25H24N2O5/c1-27-20-7-5-4-6-19(20)24(28)26-23(27)18-12-13-21(22(14-18)30-2)32-15-16-8-10-17(11-9-16)25(29)31-3/h4-14,23H,15H2,1-3H3,(H,26,28). The fraction of sp³-hybridized carbons (Fsp3) is 0.200. The Hall–Kier alpha value is -4.00. The summed E-state index contributed by atoms with van der Waals surface area (Å²) in [6.45, 7) is 0.310. The molecule has 0 aliphatic carbocycles. The highest BCUT2D eigenvalue weighted by atomic mass is 16.5. The number of para-hydroxylation sites is 1. The molecule has 1 aliphatic heterocycles. The van der Waals surface area contributed by atoms with Crippen molar-refractivity contribution < 1.29 is 23.8 Å². The second-order valence-corrected chi connectivity index (χ2v) is 7.39. The summed E-state index contributed by atoms with van der Waals surface area (Å²) in [5.41, 5.74) is 3.78. The summed E-state index contributed by atoms with van der Waals surface area (Å²) < 4.78 is 16.2. The Bertz CT molecular complexity index is 1140. The van der Waals surface area contributed by atoms with Gasteiger partial charge in [0.1, 0.15) is 12.8 Å². The van der Waals surface area contributed by atoms with E-state index in [1.807, 2.05) is 66.5 Å². The van der Waals surface area contributed by atoms with E-state index in [2.05, 4.69) is 5.32 Å². The monoisotopic (exact) mass is 432 g/mol. The van der Waals surface area contributed by atoms with E-state index >= 15 is 0 Å². The van der Waals surface area contributed by atoms with E-state index in [1.165, 1.54) is 7.11 Å². The van der Waals surface area contributed by atoms with Crippen LogP contribution in [0, 0.1) is 0 Å². The first-order chi connectivity index (χ1) is 15.5. The van der Waals surface area contributed by atoms with Crippen molar-refractivity contribution in [3.63, 3.8) is 0 Å².